The molecular formula is C13H13N3OS2. The lowest BCUT2D eigenvalue weighted by Gasteiger charge is -2.05. The van der Waals surface area contributed by atoms with E-state index in [0.29, 0.717) is 17.2 Å². The Morgan fingerprint density at radius 2 is 2.32 bits per heavy atom. The number of aromatic nitrogens is 1. The molecule has 1 amide bonds. The highest BCUT2D eigenvalue weighted by Gasteiger charge is 2.08. The Morgan fingerprint density at radius 3 is 2.95 bits per heavy atom. The third-order valence-electron chi connectivity index (χ3n) is 2.52. The molecule has 6 heteroatoms. The molecule has 98 valence electrons. The second-order valence-electron chi connectivity index (χ2n) is 4.00. The number of rotatable bonds is 4. The number of hydrogen-bond donors (Lipinski definition) is 2. The van der Waals surface area contributed by atoms with Crippen LogP contribution in [0.5, 0.6) is 0 Å². The molecule has 0 spiro atoms. The highest BCUT2D eigenvalue weighted by atomic mass is 32.1. The molecule has 1 aromatic carbocycles. The first kappa shape index (κ1) is 13.6. The summed E-state index contributed by atoms with van der Waals surface area (Å²) in [4.78, 5) is 16.3. The SMILES string of the molecule is Cc1nc(C(=O)NCc2cccc(C(N)=S)c2)cs1. The van der Waals surface area contributed by atoms with Gasteiger partial charge in [-0.25, -0.2) is 4.98 Å². The van der Waals surface area contributed by atoms with Crippen LogP contribution in [0.25, 0.3) is 0 Å². The zero-order valence-corrected chi connectivity index (χ0v) is 12.0. The van der Waals surface area contributed by atoms with Crippen LogP contribution in [-0.4, -0.2) is 15.9 Å². The van der Waals surface area contributed by atoms with E-state index in [-0.39, 0.29) is 5.91 Å². The number of aryl methyl sites for hydroxylation is 1. The van der Waals surface area contributed by atoms with Gasteiger partial charge in [-0.2, -0.15) is 0 Å². The molecule has 2 aromatic rings. The second-order valence-corrected chi connectivity index (χ2v) is 5.50. The van der Waals surface area contributed by atoms with E-state index < -0.39 is 0 Å². The summed E-state index contributed by atoms with van der Waals surface area (Å²) >= 11 is 6.37. The minimum Gasteiger partial charge on any atom is -0.389 e. The molecule has 0 unspecified atom stereocenters. The van der Waals surface area contributed by atoms with E-state index in [1.807, 2.05) is 31.2 Å². The number of hydrogen-bond acceptors (Lipinski definition) is 4. The average molecular weight is 291 g/mol. The number of nitrogens with one attached hydrogen (secondary N) is 1. The van der Waals surface area contributed by atoms with Gasteiger partial charge in [0.15, 0.2) is 0 Å². The highest BCUT2D eigenvalue weighted by Crippen LogP contribution is 2.09. The van der Waals surface area contributed by atoms with Crippen molar-refractivity contribution in [1.29, 1.82) is 0 Å². The van der Waals surface area contributed by atoms with E-state index in [1.165, 1.54) is 11.3 Å². The van der Waals surface area contributed by atoms with Crippen LogP contribution in [0.1, 0.15) is 26.6 Å². The van der Waals surface area contributed by atoms with Crippen molar-refractivity contribution in [3.63, 3.8) is 0 Å². The molecule has 0 radical (unpaired) electrons. The van der Waals surface area contributed by atoms with Crippen LogP contribution in [-0.2, 0) is 6.54 Å². The first-order chi connectivity index (χ1) is 9.06. The molecule has 4 nitrogen and oxygen atoms in total. The van der Waals surface area contributed by atoms with E-state index in [0.717, 1.165) is 16.1 Å². The molecule has 19 heavy (non-hydrogen) atoms. The molecule has 2 rings (SSSR count). The summed E-state index contributed by atoms with van der Waals surface area (Å²) in [6, 6.07) is 7.49. The predicted octanol–water partition coefficient (Wildman–Crippen LogP) is 2.02. The Kier molecular flexibility index (Phi) is 4.24. The number of nitrogens with zero attached hydrogens (tertiary/aromatic N) is 1. The lowest BCUT2D eigenvalue weighted by atomic mass is 10.1. The van der Waals surface area contributed by atoms with Gasteiger partial charge in [-0.3, -0.25) is 4.79 Å². The van der Waals surface area contributed by atoms with Gasteiger partial charge in [0.2, 0.25) is 0 Å². The maximum Gasteiger partial charge on any atom is 0.271 e. The molecule has 0 aliphatic heterocycles. The molecule has 3 N–H and O–H groups in total. The molecule has 0 fully saturated rings. The van der Waals surface area contributed by atoms with E-state index >= 15 is 0 Å². The van der Waals surface area contributed by atoms with Crippen LogP contribution in [0.3, 0.4) is 0 Å². The van der Waals surface area contributed by atoms with Crippen molar-refractivity contribution in [3.8, 4) is 0 Å². The minimum absolute atomic E-state index is 0.176. The number of carbonyl (C=O) groups is 1. The van der Waals surface area contributed by atoms with Gasteiger partial charge in [-0.15, -0.1) is 11.3 Å². The predicted molar refractivity (Wildman–Crippen MR) is 80.4 cm³/mol. The van der Waals surface area contributed by atoms with Crippen LogP contribution in [0.2, 0.25) is 0 Å². The molecule has 0 bridgehead atoms. The van der Waals surface area contributed by atoms with Crippen molar-refractivity contribution in [3.05, 3.63) is 51.5 Å². The standard InChI is InChI=1S/C13H13N3OS2/c1-8-16-11(7-19-8)13(17)15-6-9-3-2-4-10(5-9)12(14)18/h2-5,7H,6H2,1H3,(H2,14,18)(H,15,17). The summed E-state index contributed by atoms with van der Waals surface area (Å²) < 4.78 is 0. The van der Waals surface area contributed by atoms with Gasteiger partial charge in [-0.1, -0.05) is 30.4 Å². The first-order valence-corrected chi connectivity index (χ1v) is 6.94. The summed E-state index contributed by atoms with van der Waals surface area (Å²) in [7, 11) is 0. The van der Waals surface area contributed by atoms with Crippen LogP contribution in [0.4, 0.5) is 0 Å². The number of benzene rings is 1. The van der Waals surface area contributed by atoms with Crippen molar-refractivity contribution in [1.82, 2.24) is 10.3 Å². The smallest absolute Gasteiger partial charge is 0.271 e. The fourth-order valence-electron chi connectivity index (χ4n) is 1.58. The highest BCUT2D eigenvalue weighted by molar-refractivity contribution is 7.80. The van der Waals surface area contributed by atoms with E-state index in [4.69, 9.17) is 18.0 Å². The minimum atomic E-state index is -0.176. The number of amides is 1. The fourth-order valence-corrected chi connectivity index (χ4v) is 2.30. The van der Waals surface area contributed by atoms with Gasteiger partial charge in [0.25, 0.3) is 5.91 Å². The Hall–Kier alpha value is -1.79. The van der Waals surface area contributed by atoms with E-state index in [2.05, 4.69) is 10.3 Å². The Balaban J connectivity index is 2.01. The number of thiazole rings is 1. The lowest BCUT2D eigenvalue weighted by molar-refractivity contribution is 0.0946. The largest absolute Gasteiger partial charge is 0.389 e. The van der Waals surface area contributed by atoms with Gasteiger partial charge in [0.05, 0.1) is 5.01 Å². The molecule has 1 heterocycles. The summed E-state index contributed by atoms with van der Waals surface area (Å²) in [6.45, 7) is 2.29. The van der Waals surface area contributed by atoms with Crippen molar-refractivity contribution in [2.24, 2.45) is 5.73 Å². The molecule has 0 saturated carbocycles. The second kappa shape index (κ2) is 5.90. The molecule has 0 atom stereocenters. The van der Waals surface area contributed by atoms with Gasteiger partial charge in [0, 0.05) is 17.5 Å². The molecule has 1 aromatic heterocycles. The summed E-state index contributed by atoms with van der Waals surface area (Å²) in [6.07, 6.45) is 0. The monoisotopic (exact) mass is 291 g/mol. The maximum absolute atomic E-state index is 11.8. The third-order valence-corrected chi connectivity index (χ3v) is 3.53. The molecule has 0 saturated heterocycles. The van der Waals surface area contributed by atoms with Crippen molar-refractivity contribution < 1.29 is 4.79 Å². The quantitative estimate of drug-likeness (QED) is 0.846. The third kappa shape index (κ3) is 3.59. The van der Waals surface area contributed by atoms with Gasteiger partial charge < -0.3 is 11.1 Å². The van der Waals surface area contributed by atoms with Crippen LogP contribution < -0.4 is 11.1 Å². The Bertz CT molecular complexity index is 622. The van der Waals surface area contributed by atoms with Gasteiger partial charge in [0.1, 0.15) is 10.7 Å². The summed E-state index contributed by atoms with van der Waals surface area (Å²) in [5, 5.41) is 5.44. The van der Waals surface area contributed by atoms with Crippen molar-refractivity contribution >= 4 is 34.5 Å². The number of carbonyl (C=O) groups excluding carboxylic acids is 1. The topological polar surface area (TPSA) is 68.0 Å². The summed E-state index contributed by atoms with van der Waals surface area (Å²) in [5.74, 6) is -0.176. The first-order valence-electron chi connectivity index (χ1n) is 5.65. The van der Waals surface area contributed by atoms with Crippen LogP contribution in [0, 0.1) is 6.92 Å². The normalized spacial score (nSPS) is 10.2. The van der Waals surface area contributed by atoms with E-state index in [9.17, 15) is 4.79 Å². The Labute approximate surface area is 120 Å². The van der Waals surface area contributed by atoms with Gasteiger partial charge in [-0.05, 0) is 18.6 Å². The maximum atomic E-state index is 11.8. The summed E-state index contributed by atoms with van der Waals surface area (Å²) in [5.41, 5.74) is 7.77. The van der Waals surface area contributed by atoms with Crippen LogP contribution in [0.15, 0.2) is 29.6 Å². The Morgan fingerprint density at radius 1 is 1.53 bits per heavy atom. The van der Waals surface area contributed by atoms with E-state index in [1.54, 1.807) is 5.38 Å². The van der Waals surface area contributed by atoms with Crippen molar-refractivity contribution in [2.45, 2.75) is 13.5 Å². The molecular weight excluding hydrogens is 278 g/mol. The molecule has 0 aliphatic rings. The van der Waals surface area contributed by atoms with Gasteiger partial charge >= 0.3 is 0 Å². The van der Waals surface area contributed by atoms with Crippen molar-refractivity contribution in [2.75, 3.05) is 0 Å². The zero-order valence-electron chi connectivity index (χ0n) is 10.3. The fraction of sp³-hybridized carbons (Fsp3) is 0.154. The van der Waals surface area contributed by atoms with Crippen LogP contribution >= 0.6 is 23.6 Å². The zero-order chi connectivity index (χ0) is 13.8. The number of thiocarbonyl (C=S) groups is 1. The lowest BCUT2D eigenvalue weighted by Crippen LogP contribution is -2.23. The average Bonchev–Trinajstić information content (AvgIpc) is 2.83. The molecule has 0 aliphatic carbocycles. The number of nitrogens with two attached hydrogens (primary N) is 1.